The molecule has 4 rings (SSSR count). The van der Waals surface area contributed by atoms with Crippen molar-refractivity contribution in [3.63, 3.8) is 0 Å². The van der Waals surface area contributed by atoms with Crippen LogP contribution in [0.5, 0.6) is 0 Å². The number of alkyl halides is 5. The number of amides is 2. The second-order valence-electron chi connectivity index (χ2n) is 7.75. The highest BCUT2D eigenvalue weighted by Crippen LogP contribution is 2.42. The molecule has 2 amide bonds. The first-order valence-corrected chi connectivity index (χ1v) is 10.1. The molecule has 3 aromatic rings. The predicted octanol–water partition coefficient (Wildman–Crippen LogP) is 3.58. The molecule has 10 nitrogen and oxygen atoms in total. The van der Waals surface area contributed by atoms with Gasteiger partial charge in [-0.15, -0.1) is 0 Å². The number of hydrogen-bond donors (Lipinski definition) is 3. The summed E-state index contributed by atoms with van der Waals surface area (Å²) in [6.07, 6.45) is -8.56. The van der Waals surface area contributed by atoms with Crippen LogP contribution >= 0.6 is 11.6 Å². The Morgan fingerprint density at radius 3 is 2.57 bits per heavy atom. The largest absolute Gasteiger partial charge is 0.453 e. The minimum Gasteiger partial charge on any atom is -0.428 e. The number of halogens is 6. The van der Waals surface area contributed by atoms with Gasteiger partial charge in [0.1, 0.15) is 17.3 Å². The van der Waals surface area contributed by atoms with Gasteiger partial charge in [-0.05, 0) is 25.1 Å². The summed E-state index contributed by atoms with van der Waals surface area (Å²) in [5.41, 5.74) is 9.18. The molecule has 1 atom stereocenters. The summed E-state index contributed by atoms with van der Waals surface area (Å²) in [6, 6.07) is 4.22. The van der Waals surface area contributed by atoms with Crippen LogP contribution in [0, 0.1) is 0 Å². The first-order chi connectivity index (χ1) is 16.1. The molecule has 0 radical (unpaired) electrons. The maximum atomic E-state index is 13.5. The van der Waals surface area contributed by atoms with Crippen LogP contribution in [0.15, 0.2) is 18.2 Å². The van der Waals surface area contributed by atoms with Crippen molar-refractivity contribution in [1.29, 1.82) is 0 Å². The minimum atomic E-state index is -5.73. The monoisotopic (exact) mass is 519 g/mol. The Hall–Kier alpha value is -3.75. The van der Waals surface area contributed by atoms with E-state index in [-0.39, 0.29) is 44.6 Å². The van der Waals surface area contributed by atoms with Gasteiger partial charge in [0.2, 0.25) is 5.60 Å². The fourth-order valence-corrected chi connectivity index (χ4v) is 3.82. The van der Waals surface area contributed by atoms with Gasteiger partial charge >= 0.3 is 18.2 Å². The summed E-state index contributed by atoms with van der Waals surface area (Å²) in [4.78, 5) is 32.0. The Balaban J connectivity index is 1.81. The Morgan fingerprint density at radius 1 is 1.26 bits per heavy atom. The zero-order valence-electron chi connectivity index (χ0n) is 17.6. The van der Waals surface area contributed by atoms with Crippen molar-refractivity contribution < 1.29 is 36.3 Å². The Labute approximate surface area is 197 Å². The molecule has 0 spiro atoms. The zero-order valence-corrected chi connectivity index (χ0v) is 18.3. The SMILES string of the molecule is CC1(OC(N)=O)C(=O)Nc2nc(-c3nn(CCC(F)(F)C(F)(F)F)c4cc(Cl)ccc34)nc(N)c21. The molecule has 16 heteroatoms. The highest BCUT2D eigenvalue weighted by atomic mass is 35.5. The molecule has 1 aliphatic heterocycles. The molecule has 0 fully saturated rings. The number of fused-ring (bicyclic) bond motifs is 2. The molecule has 2 aromatic heterocycles. The number of nitrogens with one attached hydrogen (secondary N) is 1. The number of carbonyl (C=O) groups excluding carboxylic acids is 2. The number of benzene rings is 1. The maximum Gasteiger partial charge on any atom is 0.453 e. The number of nitrogen functional groups attached to an aromatic ring is 1. The van der Waals surface area contributed by atoms with Crippen molar-refractivity contribution in [1.82, 2.24) is 19.7 Å². The van der Waals surface area contributed by atoms with Gasteiger partial charge in [0.15, 0.2) is 5.82 Å². The van der Waals surface area contributed by atoms with E-state index in [9.17, 15) is 31.5 Å². The third-order valence-electron chi connectivity index (χ3n) is 5.36. The number of carbonyl (C=O) groups is 2. The highest BCUT2D eigenvalue weighted by molar-refractivity contribution is 6.31. The second kappa shape index (κ2) is 7.90. The normalized spacial score (nSPS) is 18.0. The van der Waals surface area contributed by atoms with Crippen molar-refractivity contribution in [2.45, 2.75) is 37.6 Å². The van der Waals surface area contributed by atoms with Gasteiger partial charge in [0.05, 0.1) is 11.1 Å². The van der Waals surface area contributed by atoms with E-state index in [1.807, 2.05) is 0 Å². The van der Waals surface area contributed by atoms with Gasteiger partial charge in [0.25, 0.3) is 5.91 Å². The highest BCUT2D eigenvalue weighted by Gasteiger charge is 2.57. The average Bonchev–Trinajstić information content (AvgIpc) is 3.19. The van der Waals surface area contributed by atoms with E-state index in [1.54, 1.807) is 0 Å². The van der Waals surface area contributed by atoms with Crippen molar-refractivity contribution in [3.05, 3.63) is 28.8 Å². The molecule has 3 heterocycles. The molecular formula is C19H15ClF5N7O3. The van der Waals surface area contributed by atoms with E-state index in [4.69, 9.17) is 27.8 Å². The van der Waals surface area contributed by atoms with Crippen LogP contribution in [0.4, 0.5) is 38.4 Å². The third kappa shape index (κ3) is 4.05. The van der Waals surface area contributed by atoms with Crippen LogP contribution in [-0.4, -0.2) is 43.8 Å². The summed E-state index contributed by atoms with van der Waals surface area (Å²) in [5, 5.41) is 6.95. The first kappa shape index (κ1) is 24.4. The molecule has 1 aromatic carbocycles. The molecule has 1 aliphatic rings. The van der Waals surface area contributed by atoms with Crippen molar-refractivity contribution >= 4 is 46.1 Å². The first-order valence-electron chi connectivity index (χ1n) is 9.73. The number of ether oxygens (including phenoxy) is 1. The minimum absolute atomic E-state index is 0.0276. The van der Waals surface area contributed by atoms with Gasteiger partial charge in [-0.25, -0.2) is 14.8 Å². The number of nitrogens with two attached hydrogens (primary N) is 2. The molecule has 35 heavy (non-hydrogen) atoms. The zero-order chi connectivity index (χ0) is 25.9. The third-order valence-corrected chi connectivity index (χ3v) is 5.60. The quantitative estimate of drug-likeness (QED) is 0.436. The second-order valence-corrected chi connectivity index (χ2v) is 8.19. The van der Waals surface area contributed by atoms with E-state index in [0.29, 0.717) is 0 Å². The van der Waals surface area contributed by atoms with Crippen LogP contribution in [0.1, 0.15) is 18.9 Å². The average molecular weight is 520 g/mol. The smallest absolute Gasteiger partial charge is 0.428 e. The lowest BCUT2D eigenvalue weighted by Gasteiger charge is -2.21. The molecule has 0 saturated heterocycles. The van der Waals surface area contributed by atoms with E-state index < -0.39 is 42.7 Å². The number of hydrogen-bond acceptors (Lipinski definition) is 7. The molecule has 1 unspecified atom stereocenters. The van der Waals surface area contributed by atoms with Crippen LogP contribution in [0.25, 0.3) is 22.4 Å². The number of rotatable bonds is 5. The van der Waals surface area contributed by atoms with E-state index in [0.717, 1.165) is 4.68 Å². The Kier molecular flexibility index (Phi) is 5.50. The summed E-state index contributed by atoms with van der Waals surface area (Å²) >= 11 is 5.98. The molecule has 5 N–H and O–H groups in total. The van der Waals surface area contributed by atoms with Gasteiger partial charge in [-0.3, -0.25) is 9.48 Å². The van der Waals surface area contributed by atoms with E-state index in [1.165, 1.54) is 25.1 Å². The maximum absolute atomic E-state index is 13.5. The topological polar surface area (TPSA) is 151 Å². The summed E-state index contributed by atoms with van der Waals surface area (Å²) in [5.74, 6) is -6.35. The lowest BCUT2D eigenvalue weighted by atomic mass is 9.99. The van der Waals surface area contributed by atoms with Crippen molar-refractivity contribution in [2.24, 2.45) is 5.73 Å². The number of anilines is 2. The van der Waals surface area contributed by atoms with E-state index >= 15 is 0 Å². The van der Waals surface area contributed by atoms with Crippen molar-refractivity contribution in [2.75, 3.05) is 11.1 Å². The Morgan fingerprint density at radius 2 is 1.94 bits per heavy atom. The molecule has 186 valence electrons. The summed E-state index contributed by atoms with van der Waals surface area (Å²) in [7, 11) is 0. The van der Waals surface area contributed by atoms with E-state index in [2.05, 4.69) is 20.4 Å². The molecular weight excluding hydrogens is 505 g/mol. The van der Waals surface area contributed by atoms with Crippen LogP contribution in [-0.2, 0) is 21.7 Å². The van der Waals surface area contributed by atoms with Crippen molar-refractivity contribution in [3.8, 4) is 11.5 Å². The lowest BCUT2D eigenvalue weighted by molar-refractivity contribution is -0.285. The molecule has 0 saturated carbocycles. The summed E-state index contributed by atoms with van der Waals surface area (Å²) in [6.45, 7) is 0.413. The van der Waals surface area contributed by atoms with Gasteiger partial charge in [-0.1, -0.05) is 11.6 Å². The predicted molar refractivity (Wildman–Crippen MR) is 112 cm³/mol. The summed E-state index contributed by atoms with van der Waals surface area (Å²) < 4.78 is 70.7. The fourth-order valence-electron chi connectivity index (χ4n) is 3.65. The fraction of sp³-hybridized carbons (Fsp3) is 0.316. The van der Waals surface area contributed by atoms with Gasteiger partial charge in [-0.2, -0.15) is 27.1 Å². The number of aryl methyl sites for hydroxylation is 1. The number of nitrogens with zero attached hydrogens (tertiary/aromatic N) is 4. The lowest BCUT2D eigenvalue weighted by Crippen LogP contribution is -2.38. The molecule has 0 bridgehead atoms. The van der Waals surface area contributed by atoms with Crippen LogP contribution in [0.2, 0.25) is 5.02 Å². The van der Waals surface area contributed by atoms with Crippen LogP contribution in [0.3, 0.4) is 0 Å². The Bertz CT molecular complexity index is 1380. The van der Waals surface area contributed by atoms with Gasteiger partial charge < -0.3 is 21.5 Å². The van der Waals surface area contributed by atoms with Crippen LogP contribution < -0.4 is 16.8 Å². The molecule has 0 aliphatic carbocycles. The standard InChI is InChI=1S/C19H15ClF5N7O3/c1-17(35-16(27)34)10-12(26)28-14(29-13(10)30-15(17)33)11-8-3-2-7(20)6-9(8)32(31-11)5-4-18(21,22)19(23,24)25/h2-3,6H,4-5H2,1H3,(H2,27,34)(H3,26,28,29,30,33). The number of primary amides is 1. The van der Waals surface area contributed by atoms with Gasteiger partial charge in [0, 0.05) is 23.4 Å². The number of aromatic nitrogens is 4.